The minimum absolute atomic E-state index is 0.142. The Kier molecular flexibility index (Phi) is 6.58. The maximum Gasteiger partial charge on any atom is 0.261 e. The fraction of sp³-hybridized carbons (Fsp3) is 0.355. The van der Waals surface area contributed by atoms with Crippen molar-refractivity contribution in [3.63, 3.8) is 0 Å². The van der Waals surface area contributed by atoms with Gasteiger partial charge in [0.05, 0.1) is 18.5 Å². The molecule has 2 aromatic heterocycles. The number of benzene rings is 2. The number of aryl methyl sites for hydroxylation is 1. The van der Waals surface area contributed by atoms with Gasteiger partial charge in [-0.2, -0.15) is 5.10 Å². The van der Waals surface area contributed by atoms with Crippen molar-refractivity contribution in [3.8, 4) is 0 Å². The van der Waals surface area contributed by atoms with Crippen LogP contribution in [0.25, 0.3) is 0 Å². The van der Waals surface area contributed by atoms with Gasteiger partial charge in [0.25, 0.3) is 8.32 Å². The summed E-state index contributed by atoms with van der Waals surface area (Å²) in [6, 6.07) is 20.9. The summed E-state index contributed by atoms with van der Waals surface area (Å²) >= 11 is 0. The van der Waals surface area contributed by atoms with Gasteiger partial charge >= 0.3 is 0 Å². The first-order chi connectivity index (χ1) is 19.2. The smallest absolute Gasteiger partial charge is 0.261 e. The van der Waals surface area contributed by atoms with E-state index in [0.29, 0.717) is 30.7 Å². The third-order valence-electron chi connectivity index (χ3n) is 8.34. The first kappa shape index (κ1) is 26.4. The minimum Gasteiger partial charge on any atom is -0.405 e. The zero-order valence-corrected chi connectivity index (χ0v) is 24.5. The molecular weight excluding hydrogens is 516 g/mol. The molecule has 1 amide bonds. The third-order valence-corrected chi connectivity index (χ3v) is 13.3. The summed E-state index contributed by atoms with van der Waals surface area (Å²) in [7, 11) is -2.80. The topological polar surface area (TPSA) is 99.2 Å². The molecule has 8 nitrogen and oxygen atoms in total. The van der Waals surface area contributed by atoms with Gasteiger partial charge in [-0.3, -0.25) is 14.4 Å². The van der Waals surface area contributed by atoms with Crippen molar-refractivity contribution in [3.05, 3.63) is 90.5 Å². The molecule has 1 aliphatic carbocycles. The standard InChI is InChI=1S/C31H36N6O2Si/c1-21-27(17-33-30(35-21)36-18-22-15-26(22)29(36)38)28(37-19-23(32)16-34-37)20-39-40(31(2,3)4,24-11-7-5-8-12-24)25-13-9-6-10-14-25/h5-14,16-17,19,22,26,28H,15,18,20,32H2,1-4H3. The van der Waals surface area contributed by atoms with E-state index in [1.165, 1.54) is 10.4 Å². The summed E-state index contributed by atoms with van der Waals surface area (Å²) in [4.78, 5) is 23.9. The summed E-state index contributed by atoms with van der Waals surface area (Å²) in [6.07, 6.45) is 6.29. The van der Waals surface area contributed by atoms with Crippen LogP contribution in [0, 0.1) is 18.8 Å². The molecule has 1 aliphatic heterocycles. The molecule has 2 fully saturated rings. The highest BCUT2D eigenvalue weighted by atomic mass is 28.4. The van der Waals surface area contributed by atoms with Gasteiger partial charge in [0.15, 0.2) is 0 Å². The number of nitrogens with zero attached hydrogens (tertiary/aromatic N) is 5. The molecule has 2 aromatic carbocycles. The van der Waals surface area contributed by atoms with Gasteiger partial charge in [0, 0.05) is 36.1 Å². The second-order valence-electron chi connectivity index (χ2n) is 12.0. The van der Waals surface area contributed by atoms with Crippen LogP contribution in [0.5, 0.6) is 0 Å². The van der Waals surface area contributed by atoms with Gasteiger partial charge in [0.2, 0.25) is 11.9 Å². The molecule has 2 aliphatic rings. The Morgan fingerprint density at radius 1 is 1.05 bits per heavy atom. The lowest BCUT2D eigenvalue weighted by molar-refractivity contribution is -0.118. The van der Waals surface area contributed by atoms with Crippen molar-refractivity contribution in [2.45, 2.75) is 45.2 Å². The van der Waals surface area contributed by atoms with Crippen LogP contribution < -0.4 is 21.0 Å². The number of fused-ring (bicyclic) bond motifs is 1. The van der Waals surface area contributed by atoms with Crippen LogP contribution >= 0.6 is 0 Å². The number of nitrogen functional groups attached to an aromatic ring is 1. The summed E-state index contributed by atoms with van der Waals surface area (Å²) in [6.45, 7) is 9.82. The molecular formula is C31H36N6O2Si. The van der Waals surface area contributed by atoms with Crippen LogP contribution in [0.4, 0.5) is 11.6 Å². The van der Waals surface area contributed by atoms with Crippen LogP contribution in [0.2, 0.25) is 5.04 Å². The van der Waals surface area contributed by atoms with Crippen molar-refractivity contribution >= 4 is 36.2 Å². The Hall–Kier alpha value is -3.82. The molecule has 4 aromatic rings. The lowest BCUT2D eigenvalue weighted by Gasteiger charge is -2.43. The van der Waals surface area contributed by atoms with E-state index >= 15 is 0 Å². The molecule has 9 heteroatoms. The van der Waals surface area contributed by atoms with Crippen molar-refractivity contribution < 1.29 is 9.22 Å². The molecule has 0 radical (unpaired) electrons. The predicted molar refractivity (Wildman–Crippen MR) is 159 cm³/mol. The predicted octanol–water partition coefficient (Wildman–Crippen LogP) is 3.71. The zero-order valence-electron chi connectivity index (χ0n) is 23.5. The van der Waals surface area contributed by atoms with Gasteiger partial charge in [-0.05, 0) is 34.7 Å². The summed E-state index contributed by atoms with van der Waals surface area (Å²) < 4.78 is 9.13. The van der Waals surface area contributed by atoms with E-state index in [9.17, 15) is 4.79 Å². The Morgan fingerprint density at radius 3 is 2.20 bits per heavy atom. The molecule has 6 rings (SSSR count). The summed E-state index contributed by atoms with van der Waals surface area (Å²) in [5.41, 5.74) is 8.38. The second kappa shape index (κ2) is 9.98. The largest absolute Gasteiger partial charge is 0.405 e. The Bertz CT molecular complexity index is 1480. The van der Waals surface area contributed by atoms with Crippen LogP contribution in [0.3, 0.4) is 0 Å². The van der Waals surface area contributed by atoms with Gasteiger partial charge < -0.3 is 10.2 Å². The van der Waals surface area contributed by atoms with E-state index in [1.807, 2.05) is 36.1 Å². The number of hydrogen-bond donors (Lipinski definition) is 1. The Morgan fingerprint density at radius 2 is 1.70 bits per heavy atom. The van der Waals surface area contributed by atoms with Crippen molar-refractivity contribution in [1.29, 1.82) is 0 Å². The summed E-state index contributed by atoms with van der Waals surface area (Å²) in [5.74, 6) is 1.23. The monoisotopic (exact) mass is 552 g/mol. The molecule has 0 bridgehead atoms. The molecule has 3 atom stereocenters. The number of nitrogens with two attached hydrogens (primary N) is 1. The average Bonchev–Trinajstić information content (AvgIpc) is 3.47. The highest BCUT2D eigenvalue weighted by Crippen LogP contribution is 2.46. The van der Waals surface area contributed by atoms with E-state index in [4.69, 9.17) is 15.1 Å². The Labute approximate surface area is 236 Å². The van der Waals surface area contributed by atoms with E-state index < -0.39 is 8.32 Å². The van der Waals surface area contributed by atoms with E-state index in [1.54, 1.807) is 11.1 Å². The van der Waals surface area contributed by atoms with Gasteiger partial charge in [-0.15, -0.1) is 0 Å². The highest BCUT2D eigenvalue weighted by Gasteiger charge is 2.53. The number of rotatable bonds is 8. The zero-order chi connectivity index (χ0) is 28.1. The fourth-order valence-corrected chi connectivity index (χ4v) is 10.7. The minimum atomic E-state index is -2.80. The molecule has 2 N–H and O–H groups in total. The average molecular weight is 553 g/mol. The second-order valence-corrected chi connectivity index (χ2v) is 16.3. The summed E-state index contributed by atoms with van der Waals surface area (Å²) in [5, 5.41) is 6.83. The molecule has 0 spiro atoms. The number of aromatic nitrogens is 4. The number of piperidine rings is 1. The highest BCUT2D eigenvalue weighted by molar-refractivity contribution is 6.99. The van der Waals surface area contributed by atoms with Gasteiger partial charge in [0.1, 0.15) is 6.04 Å². The van der Waals surface area contributed by atoms with Crippen molar-refractivity contribution in [2.75, 3.05) is 23.8 Å². The van der Waals surface area contributed by atoms with Crippen LogP contribution in [-0.4, -0.2) is 47.1 Å². The number of hydrogen-bond acceptors (Lipinski definition) is 6. The Balaban J connectivity index is 1.40. The first-order valence-electron chi connectivity index (χ1n) is 13.9. The number of carbonyl (C=O) groups is 1. The quantitative estimate of drug-likeness (QED) is 0.335. The molecule has 3 unspecified atom stereocenters. The lowest BCUT2D eigenvalue weighted by atomic mass is 10.1. The number of amides is 1. The van der Waals surface area contributed by atoms with Crippen molar-refractivity contribution in [1.82, 2.24) is 19.7 Å². The molecule has 40 heavy (non-hydrogen) atoms. The maximum atomic E-state index is 12.7. The number of carbonyl (C=O) groups excluding carboxylic acids is 1. The molecule has 206 valence electrons. The van der Waals surface area contributed by atoms with Gasteiger partial charge in [-0.1, -0.05) is 81.4 Å². The third kappa shape index (κ3) is 4.53. The van der Waals surface area contributed by atoms with Crippen LogP contribution in [0.15, 0.2) is 79.3 Å². The normalized spacial score (nSPS) is 19.5. The van der Waals surface area contributed by atoms with Crippen molar-refractivity contribution in [2.24, 2.45) is 11.8 Å². The van der Waals surface area contributed by atoms with E-state index in [2.05, 4.69) is 79.4 Å². The molecule has 1 saturated carbocycles. The van der Waals surface area contributed by atoms with E-state index in [0.717, 1.165) is 17.7 Å². The fourth-order valence-electron chi connectivity index (χ4n) is 6.18. The number of anilines is 2. The van der Waals surface area contributed by atoms with E-state index in [-0.39, 0.29) is 22.9 Å². The van der Waals surface area contributed by atoms with Crippen LogP contribution in [-0.2, 0) is 9.22 Å². The molecule has 3 heterocycles. The lowest BCUT2D eigenvalue weighted by Crippen LogP contribution is -2.67. The van der Waals surface area contributed by atoms with Gasteiger partial charge in [-0.25, -0.2) is 9.97 Å². The first-order valence-corrected chi connectivity index (χ1v) is 15.8. The maximum absolute atomic E-state index is 12.7. The molecule has 1 saturated heterocycles. The van der Waals surface area contributed by atoms with Crippen LogP contribution in [0.1, 0.15) is 44.5 Å². The SMILES string of the molecule is Cc1nc(N2CC3CC3C2=O)ncc1C(CO[Si](c1ccccc1)(c1ccccc1)C(C)(C)C)n1cc(N)cn1.